The van der Waals surface area contributed by atoms with Crippen molar-refractivity contribution < 1.29 is 9.90 Å². The maximum absolute atomic E-state index is 11.8. The van der Waals surface area contributed by atoms with E-state index in [2.05, 4.69) is 0 Å². The Bertz CT molecular complexity index is 453. The molecule has 1 N–H and O–H groups in total. The Morgan fingerprint density at radius 1 is 1.47 bits per heavy atom. The lowest BCUT2D eigenvalue weighted by Gasteiger charge is -2.29. The van der Waals surface area contributed by atoms with E-state index in [-0.39, 0.29) is 11.8 Å². The van der Waals surface area contributed by atoms with Gasteiger partial charge in [0, 0.05) is 13.0 Å². The van der Waals surface area contributed by atoms with Crippen molar-refractivity contribution in [3.63, 3.8) is 0 Å². The molecule has 2 heterocycles. The summed E-state index contributed by atoms with van der Waals surface area (Å²) in [5.74, 6) is 0.777. The molecule has 0 saturated heterocycles. The van der Waals surface area contributed by atoms with Crippen LogP contribution in [0.1, 0.15) is 30.4 Å². The summed E-state index contributed by atoms with van der Waals surface area (Å²) < 4.78 is 0. The number of benzene rings is 1. The molecule has 3 nitrogen and oxygen atoms in total. The summed E-state index contributed by atoms with van der Waals surface area (Å²) in [6.45, 7) is 2.82. The van der Waals surface area contributed by atoms with E-state index in [1.165, 1.54) is 0 Å². The third-order valence-corrected chi connectivity index (χ3v) is 3.39. The predicted molar refractivity (Wildman–Crippen MR) is 57.2 cm³/mol. The van der Waals surface area contributed by atoms with Crippen LogP contribution in [0, 0.1) is 0 Å². The Morgan fingerprint density at radius 3 is 3.07 bits per heavy atom. The molecule has 2 aliphatic rings. The van der Waals surface area contributed by atoms with E-state index in [1.807, 2.05) is 11.8 Å². The van der Waals surface area contributed by atoms with Crippen LogP contribution in [0.25, 0.3) is 0 Å². The van der Waals surface area contributed by atoms with Crippen molar-refractivity contribution in [3.05, 3.63) is 23.3 Å². The highest BCUT2D eigenvalue weighted by atomic mass is 16.3. The van der Waals surface area contributed by atoms with Crippen LogP contribution in [0.15, 0.2) is 12.1 Å². The average Bonchev–Trinajstić information content (AvgIpc) is 2.58. The van der Waals surface area contributed by atoms with Crippen molar-refractivity contribution in [1.29, 1.82) is 0 Å². The normalized spacial score (nSPS) is 23.1. The van der Waals surface area contributed by atoms with Crippen LogP contribution in [0.4, 0.5) is 5.69 Å². The minimum Gasteiger partial charge on any atom is -0.508 e. The van der Waals surface area contributed by atoms with Crippen molar-refractivity contribution in [2.24, 2.45) is 0 Å². The van der Waals surface area contributed by atoms with Gasteiger partial charge in [-0.1, -0.05) is 6.92 Å². The van der Waals surface area contributed by atoms with Crippen LogP contribution in [0.3, 0.4) is 0 Å². The first-order chi connectivity index (χ1) is 7.16. The van der Waals surface area contributed by atoms with Gasteiger partial charge in [-0.2, -0.15) is 0 Å². The molecule has 1 unspecified atom stereocenters. The van der Waals surface area contributed by atoms with Crippen LogP contribution in [-0.2, 0) is 11.2 Å². The summed E-state index contributed by atoms with van der Waals surface area (Å²) in [7, 11) is 0. The standard InChI is InChI=1S/C12H13NO2/c1-7-4-11(15)13-3-2-8-5-9(14)6-10(7)12(8)13/h5-7,14H,2-4H2,1H3. The maximum Gasteiger partial charge on any atom is 0.227 e. The third kappa shape index (κ3) is 1.09. The largest absolute Gasteiger partial charge is 0.508 e. The molecule has 0 bridgehead atoms. The zero-order valence-electron chi connectivity index (χ0n) is 8.66. The zero-order chi connectivity index (χ0) is 10.6. The fourth-order valence-electron chi connectivity index (χ4n) is 2.67. The predicted octanol–water partition coefficient (Wildman–Crippen LogP) is 1.79. The number of phenolic OH excluding ortho intramolecular Hbond substituents is 1. The Kier molecular flexibility index (Phi) is 1.61. The second-order valence-corrected chi connectivity index (χ2v) is 4.44. The number of carbonyl (C=O) groups excluding carboxylic acids is 1. The Hall–Kier alpha value is -1.51. The molecule has 0 fully saturated rings. The molecule has 0 radical (unpaired) electrons. The minimum atomic E-state index is 0.222. The highest BCUT2D eigenvalue weighted by Gasteiger charge is 2.34. The van der Waals surface area contributed by atoms with Gasteiger partial charge in [0.05, 0.1) is 5.69 Å². The van der Waals surface area contributed by atoms with E-state index in [0.717, 1.165) is 29.8 Å². The topological polar surface area (TPSA) is 40.5 Å². The van der Waals surface area contributed by atoms with Crippen molar-refractivity contribution in [2.75, 3.05) is 11.4 Å². The highest BCUT2D eigenvalue weighted by molar-refractivity contribution is 5.99. The van der Waals surface area contributed by atoms with Crippen molar-refractivity contribution in [1.82, 2.24) is 0 Å². The summed E-state index contributed by atoms with van der Waals surface area (Å²) >= 11 is 0. The van der Waals surface area contributed by atoms with Gasteiger partial charge in [0.1, 0.15) is 5.75 Å². The van der Waals surface area contributed by atoms with Gasteiger partial charge in [0.2, 0.25) is 5.91 Å². The first-order valence-corrected chi connectivity index (χ1v) is 5.33. The average molecular weight is 203 g/mol. The van der Waals surface area contributed by atoms with Gasteiger partial charge < -0.3 is 10.0 Å². The lowest BCUT2D eigenvalue weighted by atomic mass is 9.90. The molecule has 0 saturated carbocycles. The smallest absolute Gasteiger partial charge is 0.227 e. The Morgan fingerprint density at radius 2 is 2.27 bits per heavy atom. The molecule has 3 heteroatoms. The first-order valence-electron chi connectivity index (χ1n) is 5.33. The summed E-state index contributed by atoms with van der Waals surface area (Å²) in [6, 6.07) is 3.58. The molecule has 0 aliphatic carbocycles. The molecule has 1 aromatic rings. The molecule has 0 aromatic heterocycles. The van der Waals surface area contributed by atoms with E-state index in [9.17, 15) is 9.90 Å². The maximum atomic E-state index is 11.8. The van der Waals surface area contributed by atoms with E-state index >= 15 is 0 Å². The van der Waals surface area contributed by atoms with E-state index in [1.54, 1.807) is 12.1 Å². The first kappa shape index (κ1) is 8.77. The lowest BCUT2D eigenvalue weighted by molar-refractivity contribution is -0.119. The molecule has 1 amide bonds. The summed E-state index contributed by atoms with van der Waals surface area (Å²) in [4.78, 5) is 13.6. The van der Waals surface area contributed by atoms with Crippen molar-refractivity contribution in [2.45, 2.75) is 25.7 Å². The summed E-state index contributed by atoms with van der Waals surface area (Å²) in [5.41, 5.74) is 3.31. The fourth-order valence-corrected chi connectivity index (χ4v) is 2.67. The number of nitrogens with zero attached hydrogens (tertiary/aromatic N) is 1. The molecular formula is C12H13NO2. The number of amides is 1. The summed E-state index contributed by atoms with van der Waals surface area (Å²) in [6.07, 6.45) is 1.44. The highest BCUT2D eigenvalue weighted by Crippen LogP contribution is 2.43. The molecule has 15 heavy (non-hydrogen) atoms. The van der Waals surface area contributed by atoms with Gasteiger partial charge in [-0.25, -0.2) is 0 Å². The molecule has 0 spiro atoms. The number of hydrogen-bond acceptors (Lipinski definition) is 2. The van der Waals surface area contributed by atoms with E-state index in [0.29, 0.717) is 12.2 Å². The van der Waals surface area contributed by atoms with Gasteiger partial charge in [0.15, 0.2) is 0 Å². The van der Waals surface area contributed by atoms with E-state index < -0.39 is 0 Å². The third-order valence-electron chi connectivity index (χ3n) is 3.39. The number of carbonyl (C=O) groups is 1. The number of aromatic hydroxyl groups is 1. The van der Waals surface area contributed by atoms with E-state index in [4.69, 9.17) is 0 Å². The number of phenols is 1. The Labute approximate surface area is 88.3 Å². The lowest BCUT2D eigenvalue weighted by Crippen LogP contribution is -2.34. The van der Waals surface area contributed by atoms with Gasteiger partial charge >= 0.3 is 0 Å². The molecule has 1 aromatic carbocycles. The number of rotatable bonds is 0. The van der Waals surface area contributed by atoms with Crippen LogP contribution in [-0.4, -0.2) is 17.6 Å². The second kappa shape index (κ2) is 2.75. The van der Waals surface area contributed by atoms with Crippen LogP contribution < -0.4 is 4.90 Å². The zero-order valence-corrected chi connectivity index (χ0v) is 8.66. The van der Waals surface area contributed by atoms with Crippen molar-refractivity contribution >= 4 is 11.6 Å². The van der Waals surface area contributed by atoms with Crippen LogP contribution in [0.5, 0.6) is 5.75 Å². The van der Waals surface area contributed by atoms with Gasteiger partial charge in [-0.15, -0.1) is 0 Å². The van der Waals surface area contributed by atoms with Crippen molar-refractivity contribution in [3.8, 4) is 5.75 Å². The fraction of sp³-hybridized carbons (Fsp3) is 0.417. The molecular weight excluding hydrogens is 190 g/mol. The minimum absolute atomic E-state index is 0.222. The Balaban J connectivity index is 2.27. The van der Waals surface area contributed by atoms with Crippen LogP contribution >= 0.6 is 0 Å². The van der Waals surface area contributed by atoms with Gasteiger partial charge in [0.25, 0.3) is 0 Å². The quantitative estimate of drug-likeness (QED) is 0.698. The van der Waals surface area contributed by atoms with Gasteiger partial charge in [-0.3, -0.25) is 4.79 Å². The SMILES string of the molecule is CC1CC(=O)N2CCc3cc(O)cc1c32. The summed E-state index contributed by atoms with van der Waals surface area (Å²) in [5, 5.41) is 9.60. The molecule has 2 aliphatic heterocycles. The van der Waals surface area contributed by atoms with Crippen LogP contribution in [0.2, 0.25) is 0 Å². The second-order valence-electron chi connectivity index (χ2n) is 4.44. The molecule has 3 rings (SSSR count). The molecule has 78 valence electrons. The monoisotopic (exact) mass is 203 g/mol. The number of anilines is 1. The molecule has 1 atom stereocenters. The number of hydrogen-bond donors (Lipinski definition) is 1. The van der Waals surface area contributed by atoms with Gasteiger partial charge in [-0.05, 0) is 35.6 Å².